The first-order valence-electron chi connectivity index (χ1n) is 9.85. The summed E-state index contributed by atoms with van der Waals surface area (Å²) in [5.74, 6) is 2.12. The second kappa shape index (κ2) is 9.17. The molecule has 0 heterocycles. The Balaban J connectivity index is 2.48. The van der Waals surface area contributed by atoms with Gasteiger partial charge in [0.25, 0.3) is 0 Å². The number of rotatable bonds is 4. The third-order valence-corrected chi connectivity index (χ3v) is 8.27. The molecule has 8 heteroatoms. The number of nitrogens with zero attached hydrogens (tertiary/aromatic N) is 2. The number of hydrogen-bond acceptors (Lipinski definition) is 5. The van der Waals surface area contributed by atoms with Crippen LogP contribution in [0.3, 0.4) is 0 Å². The molecular weight excluding hydrogens is 405 g/mol. The Kier molecular flexibility index (Phi) is 7.30. The second-order valence-electron chi connectivity index (χ2n) is 8.32. The van der Waals surface area contributed by atoms with Gasteiger partial charge in [0, 0.05) is 25.2 Å². The SMILES string of the molecule is C#Cc1ccc(F)c(CS(=O)(=NC)C2(/C(=N\C)NC(=O)OC(C)(C)C)CCCC2)c1. The number of aliphatic imine (C=N–C) groups is 1. The Morgan fingerprint density at radius 2 is 1.97 bits per heavy atom. The first kappa shape index (κ1) is 23.9. The van der Waals surface area contributed by atoms with Crippen LogP contribution in [0.1, 0.15) is 57.6 Å². The quantitative estimate of drug-likeness (QED) is 0.436. The van der Waals surface area contributed by atoms with Crippen LogP contribution in [-0.2, 0) is 20.2 Å². The maximum absolute atomic E-state index is 14.5. The van der Waals surface area contributed by atoms with E-state index in [9.17, 15) is 13.4 Å². The average Bonchev–Trinajstić information content (AvgIpc) is 3.17. The first-order chi connectivity index (χ1) is 14.0. The molecule has 0 aliphatic heterocycles. The van der Waals surface area contributed by atoms with Crippen LogP contribution in [0.2, 0.25) is 0 Å². The zero-order valence-electron chi connectivity index (χ0n) is 18.3. The van der Waals surface area contributed by atoms with Crippen molar-refractivity contribution in [2.45, 2.75) is 62.6 Å². The number of ether oxygens (including phenoxy) is 1. The molecule has 1 aliphatic rings. The van der Waals surface area contributed by atoms with Crippen LogP contribution in [0, 0.1) is 18.2 Å². The molecule has 1 aliphatic carbocycles. The van der Waals surface area contributed by atoms with E-state index < -0.39 is 32.0 Å². The Morgan fingerprint density at radius 1 is 1.33 bits per heavy atom. The van der Waals surface area contributed by atoms with Crippen LogP contribution in [0.15, 0.2) is 27.6 Å². The number of terminal acetylenes is 1. The summed E-state index contributed by atoms with van der Waals surface area (Å²) in [6.07, 6.45) is 7.40. The van der Waals surface area contributed by atoms with Crippen molar-refractivity contribution in [3.8, 4) is 12.3 Å². The van der Waals surface area contributed by atoms with Crippen molar-refractivity contribution in [1.82, 2.24) is 5.32 Å². The number of amides is 1. The smallest absolute Gasteiger partial charge is 0.413 e. The van der Waals surface area contributed by atoms with Crippen molar-refractivity contribution in [1.29, 1.82) is 0 Å². The number of halogens is 1. The molecule has 0 bridgehead atoms. The van der Waals surface area contributed by atoms with Crippen LogP contribution in [0.5, 0.6) is 0 Å². The molecule has 1 aromatic rings. The molecule has 6 nitrogen and oxygen atoms in total. The molecular formula is C22H30FN3O3S. The monoisotopic (exact) mass is 435 g/mol. The third-order valence-electron chi connectivity index (χ3n) is 5.15. The molecule has 1 unspecified atom stereocenters. The minimum Gasteiger partial charge on any atom is -0.444 e. The van der Waals surface area contributed by atoms with Gasteiger partial charge in [0.1, 0.15) is 22.0 Å². The second-order valence-corrected chi connectivity index (χ2v) is 11.0. The van der Waals surface area contributed by atoms with Gasteiger partial charge in [-0.1, -0.05) is 18.8 Å². The van der Waals surface area contributed by atoms with E-state index in [1.165, 1.54) is 32.3 Å². The first-order valence-corrected chi connectivity index (χ1v) is 11.5. The highest BCUT2D eigenvalue weighted by Gasteiger charge is 2.49. The van der Waals surface area contributed by atoms with Gasteiger partial charge < -0.3 is 4.74 Å². The molecule has 1 saturated carbocycles. The van der Waals surface area contributed by atoms with Gasteiger partial charge in [-0.2, -0.15) is 0 Å². The average molecular weight is 436 g/mol. The number of nitrogens with one attached hydrogen (secondary N) is 1. The van der Waals surface area contributed by atoms with E-state index >= 15 is 0 Å². The summed E-state index contributed by atoms with van der Waals surface area (Å²) in [7, 11) is -0.0588. The van der Waals surface area contributed by atoms with Crippen LogP contribution < -0.4 is 5.32 Å². The molecule has 0 radical (unpaired) electrons. The zero-order valence-corrected chi connectivity index (χ0v) is 19.1. The van der Waals surface area contributed by atoms with Gasteiger partial charge in [0.2, 0.25) is 0 Å². The molecule has 0 spiro atoms. The number of amidine groups is 1. The van der Waals surface area contributed by atoms with Gasteiger partial charge in [-0.25, -0.2) is 17.8 Å². The predicted molar refractivity (Wildman–Crippen MR) is 118 cm³/mol. The lowest BCUT2D eigenvalue weighted by Crippen LogP contribution is -2.53. The molecule has 1 atom stereocenters. The fourth-order valence-electron chi connectivity index (χ4n) is 3.79. The van der Waals surface area contributed by atoms with Gasteiger partial charge in [-0.15, -0.1) is 6.42 Å². The van der Waals surface area contributed by atoms with Gasteiger partial charge >= 0.3 is 6.09 Å². The van der Waals surface area contributed by atoms with Crippen LogP contribution in [0.25, 0.3) is 0 Å². The maximum Gasteiger partial charge on any atom is 0.413 e. The van der Waals surface area contributed by atoms with E-state index in [0.29, 0.717) is 18.4 Å². The van der Waals surface area contributed by atoms with Crippen molar-refractivity contribution in [2.24, 2.45) is 9.36 Å². The fourth-order valence-corrected chi connectivity index (χ4v) is 6.56. The van der Waals surface area contributed by atoms with E-state index in [2.05, 4.69) is 20.6 Å². The lowest BCUT2D eigenvalue weighted by molar-refractivity contribution is 0.0561. The zero-order chi connectivity index (χ0) is 22.6. The van der Waals surface area contributed by atoms with Gasteiger partial charge in [0.05, 0.1) is 15.5 Å². The van der Waals surface area contributed by atoms with E-state index in [1.807, 2.05) is 0 Å². The lowest BCUT2D eigenvalue weighted by Gasteiger charge is -2.34. The van der Waals surface area contributed by atoms with Crippen molar-refractivity contribution in [2.75, 3.05) is 14.1 Å². The molecule has 164 valence electrons. The van der Waals surface area contributed by atoms with E-state index in [1.54, 1.807) is 20.8 Å². The highest BCUT2D eigenvalue weighted by Crippen LogP contribution is 2.41. The van der Waals surface area contributed by atoms with Crippen molar-refractivity contribution in [3.63, 3.8) is 0 Å². The minimum atomic E-state index is -3.05. The van der Waals surface area contributed by atoms with Crippen molar-refractivity contribution >= 4 is 21.7 Å². The number of benzene rings is 1. The molecule has 2 rings (SSSR count). The van der Waals surface area contributed by atoms with Crippen molar-refractivity contribution in [3.05, 3.63) is 35.1 Å². The summed E-state index contributed by atoms with van der Waals surface area (Å²) < 4.78 is 37.3. The lowest BCUT2D eigenvalue weighted by atomic mass is 10.1. The minimum absolute atomic E-state index is 0.125. The van der Waals surface area contributed by atoms with Crippen LogP contribution in [-0.4, -0.2) is 40.6 Å². The summed E-state index contributed by atoms with van der Waals surface area (Å²) in [6.45, 7) is 5.27. The molecule has 1 N–H and O–H groups in total. The molecule has 1 fully saturated rings. The Hall–Kier alpha value is -2.40. The van der Waals surface area contributed by atoms with Crippen molar-refractivity contribution < 1.29 is 18.1 Å². The van der Waals surface area contributed by atoms with Gasteiger partial charge in [-0.3, -0.25) is 10.3 Å². The highest BCUT2D eigenvalue weighted by atomic mass is 32.2. The summed E-state index contributed by atoms with van der Waals surface area (Å²) in [4.78, 5) is 16.7. The number of hydrogen-bond donors (Lipinski definition) is 1. The number of carbonyl (C=O) groups excluding carboxylic acids is 1. The number of alkyl carbamates (subject to hydrolysis) is 1. The Morgan fingerprint density at radius 3 is 2.47 bits per heavy atom. The summed E-state index contributed by atoms with van der Waals surface area (Å²) in [5.41, 5.74) is 0.0437. The molecule has 0 aromatic heterocycles. The fraction of sp³-hybridized carbons (Fsp3) is 0.545. The standard InChI is InChI=1S/C22H30FN3O3S/c1-7-16-10-11-18(23)17(14-16)15-30(28,25-6)22(12-8-9-13-22)19(24-5)26-20(27)29-21(2,3)4/h1,10-11,14H,8-9,12-13,15H2,2-6H3,(H,24,26,27). The van der Waals surface area contributed by atoms with Gasteiger partial charge in [0.15, 0.2) is 0 Å². The topological polar surface area (TPSA) is 80.1 Å². The number of carbonyl (C=O) groups is 1. The molecule has 1 aromatic carbocycles. The van der Waals surface area contributed by atoms with E-state index in [4.69, 9.17) is 11.2 Å². The summed E-state index contributed by atoms with van der Waals surface area (Å²) >= 11 is 0. The molecule has 30 heavy (non-hydrogen) atoms. The van der Waals surface area contributed by atoms with Crippen LogP contribution in [0.4, 0.5) is 9.18 Å². The summed E-state index contributed by atoms with van der Waals surface area (Å²) in [6, 6.07) is 4.29. The normalized spacial score (nSPS) is 18.2. The van der Waals surface area contributed by atoms with Gasteiger partial charge in [-0.05, 0) is 51.8 Å². The Labute approximate surface area is 178 Å². The largest absolute Gasteiger partial charge is 0.444 e. The third kappa shape index (κ3) is 5.01. The van der Waals surface area contributed by atoms with Crippen LogP contribution >= 0.6 is 0 Å². The van der Waals surface area contributed by atoms with E-state index in [0.717, 1.165) is 12.8 Å². The Bertz CT molecular complexity index is 990. The summed E-state index contributed by atoms with van der Waals surface area (Å²) in [5, 5.41) is 2.69. The maximum atomic E-state index is 14.5. The predicted octanol–water partition coefficient (Wildman–Crippen LogP) is 4.27. The molecule has 0 saturated heterocycles. The van der Waals surface area contributed by atoms with E-state index in [-0.39, 0.29) is 17.2 Å². The molecule has 1 amide bonds. The highest BCUT2D eigenvalue weighted by molar-refractivity contribution is 7.95.